The van der Waals surface area contributed by atoms with Crippen LogP contribution in [0.5, 0.6) is 0 Å². The lowest BCUT2D eigenvalue weighted by Gasteiger charge is -2.16. The predicted molar refractivity (Wildman–Crippen MR) is 79.0 cm³/mol. The smallest absolute Gasteiger partial charge is 0.230 e. The van der Waals surface area contributed by atoms with Gasteiger partial charge in [0.05, 0.1) is 11.8 Å². The number of rotatable bonds is 0. The molecule has 4 rings (SSSR count). The second-order valence-corrected chi connectivity index (χ2v) is 5.44. The van der Waals surface area contributed by atoms with Crippen molar-refractivity contribution in [3.05, 3.63) is 70.2 Å². The van der Waals surface area contributed by atoms with Crippen LogP contribution in [0, 0.1) is 13.8 Å². The summed E-state index contributed by atoms with van der Waals surface area (Å²) in [7, 11) is 0. The Labute approximate surface area is 121 Å². The van der Waals surface area contributed by atoms with E-state index in [9.17, 15) is 9.59 Å². The molecule has 0 atom stereocenters. The van der Waals surface area contributed by atoms with E-state index in [1.165, 1.54) is 6.26 Å². The Bertz CT molecular complexity index is 944. The van der Waals surface area contributed by atoms with Gasteiger partial charge in [-0.05, 0) is 41.8 Å². The van der Waals surface area contributed by atoms with Crippen LogP contribution in [-0.4, -0.2) is 11.6 Å². The first-order valence-electron chi connectivity index (χ1n) is 6.79. The van der Waals surface area contributed by atoms with Crippen molar-refractivity contribution in [1.82, 2.24) is 0 Å². The van der Waals surface area contributed by atoms with Crippen LogP contribution in [0.25, 0.3) is 10.8 Å². The van der Waals surface area contributed by atoms with Gasteiger partial charge in [-0.15, -0.1) is 0 Å². The highest BCUT2D eigenvalue weighted by molar-refractivity contribution is 6.31. The second-order valence-electron chi connectivity index (χ2n) is 5.44. The minimum Gasteiger partial charge on any atom is -0.460 e. The van der Waals surface area contributed by atoms with E-state index in [-0.39, 0.29) is 17.3 Å². The lowest BCUT2D eigenvalue weighted by Crippen LogP contribution is -2.20. The quantitative estimate of drug-likeness (QED) is 0.490. The van der Waals surface area contributed by atoms with Gasteiger partial charge in [0, 0.05) is 11.1 Å². The van der Waals surface area contributed by atoms with E-state index in [1.54, 1.807) is 13.0 Å². The highest BCUT2D eigenvalue weighted by atomic mass is 16.3. The molecular formula is C18H12O3. The second kappa shape index (κ2) is 3.92. The molecule has 0 amide bonds. The molecule has 1 aromatic heterocycles. The van der Waals surface area contributed by atoms with Crippen LogP contribution < -0.4 is 0 Å². The molecule has 3 nitrogen and oxygen atoms in total. The van der Waals surface area contributed by atoms with E-state index in [4.69, 9.17) is 4.42 Å². The van der Waals surface area contributed by atoms with Gasteiger partial charge in [0.2, 0.25) is 5.78 Å². The molecule has 1 heterocycles. The number of carbonyl (C=O) groups is 2. The van der Waals surface area contributed by atoms with E-state index in [2.05, 4.69) is 0 Å². The summed E-state index contributed by atoms with van der Waals surface area (Å²) in [4.78, 5) is 25.4. The molecule has 0 fully saturated rings. The fourth-order valence-corrected chi connectivity index (χ4v) is 3.09. The van der Waals surface area contributed by atoms with Gasteiger partial charge in [-0.3, -0.25) is 9.59 Å². The molecule has 1 aliphatic rings. The Hall–Kier alpha value is -2.68. The van der Waals surface area contributed by atoms with Gasteiger partial charge >= 0.3 is 0 Å². The fourth-order valence-electron chi connectivity index (χ4n) is 3.09. The third kappa shape index (κ3) is 1.43. The first-order valence-corrected chi connectivity index (χ1v) is 6.79. The predicted octanol–water partition coefficient (Wildman–Crippen LogP) is 3.83. The zero-order valence-electron chi connectivity index (χ0n) is 11.7. The Morgan fingerprint density at radius 2 is 1.62 bits per heavy atom. The number of fused-ring (bicyclic) bond motifs is 4. The molecule has 0 saturated heterocycles. The fraction of sp³-hybridized carbons (Fsp3) is 0.111. The summed E-state index contributed by atoms with van der Waals surface area (Å²) >= 11 is 0. The van der Waals surface area contributed by atoms with Crippen molar-refractivity contribution < 1.29 is 14.0 Å². The van der Waals surface area contributed by atoms with Crippen molar-refractivity contribution >= 4 is 22.3 Å². The zero-order chi connectivity index (χ0) is 14.7. The van der Waals surface area contributed by atoms with Crippen LogP contribution in [0.2, 0.25) is 0 Å². The monoisotopic (exact) mass is 276 g/mol. The van der Waals surface area contributed by atoms with E-state index in [0.29, 0.717) is 22.3 Å². The molecule has 0 saturated carbocycles. The van der Waals surface area contributed by atoms with Crippen LogP contribution in [0.1, 0.15) is 43.2 Å². The number of ketones is 2. The van der Waals surface area contributed by atoms with Gasteiger partial charge in [0.25, 0.3) is 0 Å². The maximum Gasteiger partial charge on any atom is 0.230 e. The van der Waals surface area contributed by atoms with Crippen molar-refractivity contribution in [2.75, 3.05) is 0 Å². The number of hydrogen-bond donors (Lipinski definition) is 0. The maximum atomic E-state index is 12.7. The maximum absolute atomic E-state index is 12.7. The number of carbonyl (C=O) groups excluding carboxylic acids is 2. The van der Waals surface area contributed by atoms with Crippen LogP contribution in [0.3, 0.4) is 0 Å². The Kier molecular flexibility index (Phi) is 2.25. The third-order valence-corrected chi connectivity index (χ3v) is 4.16. The molecule has 3 aromatic rings. The molecular weight excluding hydrogens is 264 g/mol. The van der Waals surface area contributed by atoms with E-state index < -0.39 is 0 Å². The van der Waals surface area contributed by atoms with Crippen LogP contribution >= 0.6 is 0 Å². The molecule has 0 spiro atoms. The SMILES string of the molecule is Cc1coc2c1C(=O)c1ccc3c(C)cccc3c1C2=O. The van der Waals surface area contributed by atoms with Crippen molar-refractivity contribution in [1.29, 1.82) is 0 Å². The third-order valence-electron chi connectivity index (χ3n) is 4.16. The highest BCUT2D eigenvalue weighted by Crippen LogP contribution is 2.35. The van der Waals surface area contributed by atoms with Gasteiger partial charge in [0.1, 0.15) is 0 Å². The van der Waals surface area contributed by atoms with Crippen molar-refractivity contribution in [2.45, 2.75) is 13.8 Å². The molecule has 2 aromatic carbocycles. The normalized spacial score (nSPS) is 13.4. The summed E-state index contributed by atoms with van der Waals surface area (Å²) in [6, 6.07) is 9.44. The number of hydrogen-bond acceptors (Lipinski definition) is 3. The Morgan fingerprint density at radius 1 is 0.810 bits per heavy atom. The first kappa shape index (κ1) is 12.1. The molecule has 1 aliphatic carbocycles. The average Bonchev–Trinajstić information content (AvgIpc) is 2.86. The van der Waals surface area contributed by atoms with Crippen LogP contribution in [-0.2, 0) is 0 Å². The molecule has 0 radical (unpaired) electrons. The lowest BCUT2D eigenvalue weighted by atomic mass is 9.83. The Morgan fingerprint density at radius 3 is 2.43 bits per heavy atom. The molecule has 0 aliphatic heterocycles. The summed E-state index contributed by atoms with van der Waals surface area (Å²) in [6.45, 7) is 3.77. The molecule has 21 heavy (non-hydrogen) atoms. The molecule has 0 unspecified atom stereocenters. The number of aryl methyl sites for hydroxylation is 2. The zero-order valence-corrected chi connectivity index (χ0v) is 11.7. The molecule has 3 heteroatoms. The summed E-state index contributed by atoms with van der Waals surface area (Å²) in [6.07, 6.45) is 1.47. The van der Waals surface area contributed by atoms with E-state index in [0.717, 1.165) is 16.3 Å². The summed E-state index contributed by atoms with van der Waals surface area (Å²) in [5.74, 6) is -0.169. The molecule has 0 bridgehead atoms. The first-order chi connectivity index (χ1) is 10.1. The topological polar surface area (TPSA) is 47.3 Å². The summed E-state index contributed by atoms with van der Waals surface area (Å²) < 4.78 is 5.34. The number of benzene rings is 2. The summed E-state index contributed by atoms with van der Waals surface area (Å²) in [5.41, 5.74) is 3.12. The number of furan rings is 1. The minimum absolute atomic E-state index is 0.130. The largest absolute Gasteiger partial charge is 0.460 e. The minimum atomic E-state index is -0.205. The Balaban J connectivity index is 2.15. The van der Waals surface area contributed by atoms with Gasteiger partial charge in [-0.2, -0.15) is 0 Å². The van der Waals surface area contributed by atoms with Crippen molar-refractivity contribution in [3.8, 4) is 0 Å². The van der Waals surface area contributed by atoms with Crippen LogP contribution in [0.15, 0.2) is 41.0 Å². The highest BCUT2D eigenvalue weighted by Gasteiger charge is 2.35. The van der Waals surface area contributed by atoms with Gasteiger partial charge in [-0.25, -0.2) is 0 Å². The van der Waals surface area contributed by atoms with Gasteiger partial charge in [-0.1, -0.05) is 24.3 Å². The molecule has 0 N–H and O–H groups in total. The lowest BCUT2D eigenvalue weighted by molar-refractivity contribution is 0.0961. The summed E-state index contributed by atoms with van der Waals surface area (Å²) in [5, 5.41) is 1.80. The average molecular weight is 276 g/mol. The van der Waals surface area contributed by atoms with Gasteiger partial charge in [0.15, 0.2) is 11.5 Å². The van der Waals surface area contributed by atoms with Crippen molar-refractivity contribution in [3.63, 3.8) is 0 Å². The van der Waals surface area contributed by atoms with E-state index in [1.807, 2.05) is 31.2 Å². The van der Waals surface area contributed by atoms with Crippen molar-refractivity contribution in [2.24, 2.45) is 0 Å². The van der Waals surface area contributed by atoms with E-state index >= 15 is 0 Å². The molecule has 102 valence electrons. The standard InChI is InChI=1S/C18H12O3/c1-9-4-3-5-12-11(9)6-7-13-15(12)17(20)18-14(16(13)19)10(2)8-21-18/h3-8H,1-2H3. The van der Waals surface area contributed by atoms with Crippen LogP contribution in [0.4, 0.5) is 0 Å². The van der Waals surface area contributed by atoms with Gasteiger partial charge < -0.3 is 4.42 Å².